The summed E-state index contributed by atoms with van der Waals surface area (Å²) in [5.74, 6) is -0.871. The lowest BCUT2D eigenvalue weighted by molar-refractivity contribution is -0.117. The second kappa shape index (κ2) is 10.7. The Balaban J connectivity index is 1.51. The van der Waals surface area contributed by atoms with Gasteiger partial charge in [-0.1, -0.05) is 60.3 Å². The molecule has 188 valence electrons. The van der Waals surface area contributed by atoms with E-state index in [1.54, 1.807) is 54.1 Å². The van der Waals surface area contributed by atoms with Crippen molar-refractivity contribution in [3.05, 3.63) is 119 Å². The van der Waals surface area contributed by atoms with Crippen LogP contribution >= 0.6 is 11.8 Å². The quantitative estimate of drug-likeness (QED) is 0.271. The summed E-state index contributed by atoms with van der Waals surface area (Å²) in [6.45, 7) is 1.81. The van der Waals surface area contributed by atoms with Gasteiger partial charge in [0.25, 0.3) is 5.91 Å². The Hall–Kier alpha value is -4.68. The smallest absolute Gasteiger partial charge is 0.270 e. The lowest BCUT2D eigenvalue weighted by atomic mass is 10.1. The van der Waals surface area contributed by atoms with E-state index in [4.69, 9.17) is 0 Å². The monoisotopic (exact) mass is 523 g/mol. The molecule has 0 spiro atoms. The van der Waals surface area contributed by atoms with Crippen LogP contribution in [0.5, 0.6) is 0 Å². The molecule has 38 heavy (non-hydrogen) atoms. The average Bonchev–Trinajstić information content (AvgIpc) is 3.45. The second-order valence-electron chi connectivity index (χ2n) is 8.61. The van der Waals surface area contributed by atoms with Crippen LogP contribution < -0.4 is 10.2 Å². The largest absolute Gasteiger partial charge is 0.306 e. The molecule has 1 saturated heterocycles. The SMILES string of the molecule is Cc1cc(NC(=O)/C(C#N)=C2\SC(Cc3ccc(F)cc3)C(=O)N2c2ccccc2)n(-c2ccccc2)n1. The number of aryl methyl sites for hydroxylation is 1. The van der Waals surface area contributed by atoms with Gasteiger partial charge >= 0.3 is 0 Å². The van der Waals surface area contributed by atoms with E-state index in [1.165, 1.54) is 17.0 Å². The molecule has 0 saturated carbocycles. The van der Waals surface area contributed by atoms with E-state index in [9.17, 15) is 19.2 Å². The maximum atomic E-state index is 13.6. The summed E-state index contributed by atoms with van der Waals surface area (Å²) in [5, 5.41) is 17.0. The molecule has 0 aliphatic carbocycles. The number of thioether (sulfide) groups is 1. The normalized spacial score (nSPS) is 16.3. The maximum absolute atomic E-state index is 13.6. The highest BCUT2D eigenvalue weighted by atomic mass is 32.2. The van der Waals surface area contributed by atoms with Gasteiger partial charge in [-0.3, -0.25) is 14.5 Å². The molecule has 2 amide bonds. The van der Waals surface area contributed by atoms with E-state index in [0.29, 0.717) is 23.6 Å². The van der Waals surface area contributed by atoms with Gasteiger partial charge in [0, 0.05) is 11.8 Å². The summed E-state index contributed by atoms with van der Waals surface area (Å²) < 4.78 is 15.0. The lowest BCUT2D eigenvalue weighted by Crippen LogP contribution is -2.31. The van der Waals surface area contributed by atoms with Crippen molar-refractivity contribution in [1.82, 2.24) is 9.78 Å². The number of hydrogen-bond donors (Lipinski definition) is 1. The van der Waals surface area contributed by atoms with Crippen molar-refractivity contribution < 1.29 is 14.0 Å². The predicted molar refractivity (Wildman–Crippen MR) is 145 cm³/mol. The number of halogens is 1. The Morgan fingerprint density at radius 3 is 2.29 bits per heavy atom. The molecule has 7 nitrogen and oxygen atoms in total. The summed E-state index contributed by atoms with van der Waals surface area (Å²) in [7, 11) is 0. The minimum atomic E-state index is -0.650. The molecule has 5 rings (SSSR count). The molecule has 0 radical (unpaired) electrons. The van der Waals surface area contributed by atoms with Crippen LogP contribution in [0.25, 0.3) is 5.69 Å². The number of aromatic nitrogens is 2. The van der Waals surface area contributed by atoms with Crippen molar-refractivity contribution in [2.45, 2.75) is 18.6 Å². The number of nitriles is 1. The Bertz CT molecular complexity index is 1560. The number of hydrogen-bond acceptors (Lipinski definition) is 5. The van der Waals surface area contributed by atoms with Crippen LogP contribution in [-0.4, -0.2) is 26.8 Å². The molecule has 3 aromatic carbocycles. The summed E-state index contributed by atoms with van der Waals surface area (Å²) in [6.07, 6.45) is 0.316. The van der Waals surface area contributed by atoms with Crippen LogP contribution in [0, 0.1) is 24.1 Å². The first-order chi connectivity index (χ1) is 18.4. The number of amides is 2. The fraction of sp³-hybridized carbons (Fsp3) is 0.103. The zero-order valence-corrected chi connectivity index (χ0v) is 21.2. The lowest BCUT2D eigenvalue weighted by Gasteiger charge is -2.18. The Kier molecular flexibility index (Phi) is 7.07. The topological polar surface area (TPSA) is 91.0 Å². The number of carbonyl (C=O) groups is 2. The molecule has 0 bridgehead atoms. The average molecular weight is 524 g/mol. The number of rotatable bonds is 6. The number of benzene rings is 3. The zero-order valence-electron chi connectivity index (χ0n) is 20.3. The van der Waals surface area contributed by atoms with Gasteiger partial charge in [0.05, 0.1) is 16.6 Å². The van der Waals surface area contributed by atoms with Gasteiger partial charge in [-0.2, -0.15) is 10.4 Å². The van der Waals surface area contributed by atoms with E-state index in [-0.39, 0.29) is 22.3 Å². The molecule has 9 heteroatoms. The highest BCUT2D eigenvalue weighted by molar-refractivity contribution is 8.05. The van der Waals surface area contributed by atoms with Crippen LogP contribution in [0.2, 0.25) is 0 Å². The number of para-hydroxylation sites is 2. The van der Waals surface area contributed by atoms with E-state index < -0.39 is 11.2 Å². The highest BCUT2D eigenvalue weighted by Gasteiger charge is 2.40. The third-order valence-electron chi connectivity index (χ3n) is 5.93. The van der Waals surface area contributed by atoms with Gasteiger partial charge in [-0.15, -0.1) is 0 Å². The summed E-state index contributed by atoms with van der Waals surface area (Å²) in [4.78, 5) is 28.5. The van der Waals surface area contributed by atoms with Crippen molar-refractivity contribution in [3.8, 4) is 11.8 Å². The third-order valence-corrected chi connectivity index (χ3v) is 7.19. The van der Waals surface area contributed by atoms with E-state index in [2.05, 4.69) is 10.4 Å². The van der Waals surface area contributed by atoms with Gasteiger partial charge in [-0.25, -0.2) is 9.07 Å². The summed E-state index contributed by atoms with van der Waals surface area (Å²) in [5.41, 5.74) is 2.57. The molecule has 1 fully saturated rings. The third kappa shape index (κ3) is 5.08. The molecule has 2 heterocycles. The van der Waals surface area contributed by atoms with Gasteiger partial charge in [0.1, 0.15) is 28.3 Å². The first-order valence-electron chi connectivity index (χ1n) is 11.8. The van der Waals surface area contributed by atoms with Crippen LogP contribution in [0.3, 0.4) is 0 Å². The number of nitrogens with zero attached hydrogens (tertiary/aromatic N) is 4. The Labute approximate surface area is 223 Å². The van der Waals surface area contributed by atoms with E-state index in [0.717, 1.165) is 23.0 Å². The molecule has 1 unspecified atom stereocenters. The van der Waals surface area contributed by atoms with Crippen molar-refractivity contribution in [1.29, 1.82) is 5.26 Å². The summed E-state index contributed by atoms with van der Waals surface area (Å²) >= 11 is 1.15. The number of carbonyl (C=O) groups excluding carboxylic acids is 2. The molecule has 1 aromatic heterocycles. The molecular weight excluding hydrogens is 501 g/mol. The van der Waals surface area contributed by atoms with Crippen LogP contribution in [-0.2, 0) is 16.0 Å². The molecule has 1 aliphatic rings. The highest BCUT2D eigenvalue weighted by Crippen LogP contribution is 2.42. The van der Waals surface area contributed by atoms with Gasteiger partial charge in [-0.05, 0) is 55.3 Å². The minimum absolute atomic E-state index is 0.188. The predicted octanol–water partition coefficient (Wildman–Crippen LogP) is 5.38. The van der Waals surface area contributed by atoms with E-state index >= 15 is 0 Å². The molecule has 1 aliphatic heterocycles. The van der Waals surface area contributed by atoms with Crippen molar-refractivity contribution in [2.75, 3.05) is 10.2 Å². The van der Waals surface area contributed by atoms with Crippen LogP contribution in [0.1, 0.15) is 11.3 Å². The van der Waals surface area contributed by atoms with Gasteiger partial charge in [0.15, 0.2) is 0 Å². The first-order valence-corrected chi connectivity index (χ1v) is 12.7. The van der Waals surface area contributed by atoms with Crippen LogP contribution in [0.15, 0.2) is 102 Å². The van der Waals surface area contributed by atoms with Crippen molar-refractivity contribution in [2.24, 2.45) is 0 Å². The van der Waals surface area contributed by atoms with Gasteiger partial charge in [0.2, 0.25) is 5.91 Å². The van der Waals surface area contributed by atoms with E-state index in [1.807, 2.05) is 42.5 Å². The molecular formula is C29H22FN5O2S. The number of anilines is 2. The fourth-order valence-corrected chi connectivity index (χ4v) is 5.48. The first kappa shape index (κ1) is 25.0. The Morgan fingerprint density at radius 2 is 1.66 bits per heavy atom. The standard InChI is InChI=1S/C29H22FN5O2S/c1-19-16-26(35(33-19)23-10-6-3-7-11-23)32-27(36)24(18-31)29-34(22-8-4-2-5-9-22)28(37)25(38-29)17-20-12-14-21(30)15-13-20/h2-16,25H,17H2,1H3,(H,32,36)/b29-24-. The zero-order chi connectivity index (χ0) is 26.6. The fourth-order valence-electron chi connectivity index (χ4n) is 4.17. The van der Waals surface area contributed by atoms with Crippen molar-refractivity contribution >= 4 is 35.1 Å². The van der Waals surface area contributed by atoms with Gasteiger partial charge < -0.3 is 5.32 Å². The second-order valence-corrected chi connectivity index (χ2v) is 9.80. The van der Waals surface area contributed by atoms with Crippen LogP contribution in [0.4, 0.5) is 15.9 Å². The molecule has 1 atom stereocenters. The number of nitrogens with one attached hydrogen (secondary N) is 1. The van der Waals surface area contributed by atoms with Crippen molar-refractivity contribution in [3.63, 3.8) is 0 Å². The Morgan fingerprint density at radius 1 is 1.03 bits per heavy atom. The maximum Gasteiger partial charge on any atom is 0.270 e. The molecule has 1 N–H and O–H groups in total. The summed E-state index contributed by atoms with van der Waals surface area (Å²) in [6, 6.07) is 27.9. The minimum Gasteiger partial charge on any atom is -0.306 e. The molecule has 4 aromatic rings.